The Bertz CT molecular complexity index is 646. The van der Waals surface area contributed by atoms with E-state index in [1.807, 2.05) is 31.2 Å². The van der Waals surface area contributed by atoms with E-state index >= 15 is 0 Å². The number of phenols is 1. The Morgan fingerprint density at radius 3 is 2.70 bits per heavy atom. The standard InChI is InChI=1S/C15H13BrClNO2/c1-9(10-3-2-4-11(16)7-10)18-15(20)13-6-5-12(17)8-14(13)19/h2-9,19H,1H3,(H,18,20). The number of benzene rings is 2. The summed E-state index contributed by atoms with van der Waals surface area (Å²) in [4.78, 5) is 12.1. The van der Waals surface area contributed by atoms with E-state index < -0.39 is 0 Å². The average molecular weight is 355 g/mol. The summed E-state index contributed by atoms with van der Waals surface area (Å²) in [6.45, 7) is 1.88. The lowest BCUT2D eigenvalue weighted by molar-refractivity contribution is 0.0937. The van der Waals surface area contributed by atoms with Gasteiger partial charge in [0.15, 0.2) is 0 Å². The van der Waals surface area contributed by atoms with Crippen molar-refractivity contribution >= 4 is 33.4 Å². The Balaban J connectivity index is 2.15. The van der Waals surface area contributed by atoms with E-state index in [9.17, 15) is 9.90 Å². The van der Waals surface area contributed by atoms with Gasteiger partial charge in [0.05, 0.1) is 11.6 Å². The van der Waals surface area contributed by atoms with Gasteiger partial charge in [0.25, 0.3) is 5.91 Å². The van der Waals surface area contributed by atoms with E-state index in [1.165, 1.54) is 12.1 Å². The molecule has 0 heterocycles. The molecule has 5 heteroatoms. The van der Waals surface area contributed by atoms with Crippen molar-refractivity contribution in [2.75, 3.05) is 0 Å². The lowest BCUT2D eigenvalue weighted by atomic mass is 10.1. The van der Waals surface area contributed by atoms with Crippen LogP contribution in [-0.2, 0) is 0 Å². The van der Waals surface area contributed by atoms with Gasteiger partial charge in [-0.1, -0.05) is 39.7 Å². The fourth-order valence-corrected chi connectivity index (χ4v) is 2.41. The van der Waals surface area contributed by atoms with Crippen LogP contribution in [0.15, 0.2) is 46.9 Å². The van der Waals surface area contributed by atoms with Crippen LogP contribution in [-0.4, -0.2) is 11.0 Å². The number of carbonyl (C=O) groups excluding carboxylic acids is 1. The SMILES string of the molecule is CC(NC(=O)c1ccc(Cl)cc1O)c1cccc(Br)c1. The molecule has 20 heavy (non-hydrogen) atoms. The summed E-state index contributed by atoms with van der Waals surface area (Å²) >= 11 is 9.14. The summed E-state index contributed by atoms with van der Waals surface area (Å²) in [5, 5.41) is 13.0. The van der Waals surface area contributed by atoms with Crippen LogP contribution >= 0.6 is 27.5 Å². The topological polar surface area (TPSA) is 49.3 Å². The van der Waals surface area contributed by atoms with Gasteiger partial charge in [-0.05, 0) is 42.8 Å². The highest BCUT2D eigenvalue weighted by atomic mass is 79.9. The number of amides is 1. The van der Waals surface area contributed by atoms with Crippen LogP contribution in [0.25, 0.3) is 0 Å². The summed E-state index contributed by atoms with van der Waals surface area (Å²) in [7, 11) is 0. The normalized spacial score (nSPS) is 11.9. The number of rotatable bonds is 3. The minimum Gasteiger partial charge on any atom is -0.507 e. The zero-order valence-corrected chi connectivity index (χ0v) is 13.1. The second-order valence-corrected chi connectivity index (χ2v) is 5.76. The maximum Gasteiger partial charge on any atom is 0.255 e. The smallest absolute Gasteiger partial charge is 0.255 e. The third kappa shape index (κ3) is 3.52. The number of hydrogen-bond acceptors (Lipinski definition) is 2. The average Bonchev–Trinajstić information content (AvgIpc) is 2.38. The number of hydrogen-bond donors (Lipinski definition) is 2. The first-order valence-corrected chi connectivity index (χ1v) is 7.19. The van der Waals surface area contributed by atoms with Crippen molar-refractivity contribution in [2.45, 2.75) is 13.0 Å². The van der Waals surface area contributed by atoms with Gasteiger partial charge >= 0.3 is 0 Å². The number of nitrogens with one attached hydrogen (secondary N) is 1. The Labute approximate surface area is 130 Å². The number of aromatic hydroxyl groups is 1. The van der Waals surface area contributed by atoms with Crippen LogP contribution in [0.4, 0.5) is 0 Å². The number of phenolic OH excluding ortho intramolecular Hbond substituents is 1. The predicted molar refractivity (Wildman–Crippen MR) is 83.1 cm³/mol. The Morgan fingerprint density at radius 2 is 2.05 bits per heavy atom. The molecule has 0 aromatic heterocycles. The molecule has 1 unspecified atom stereocenters. The van der Waals surface area contributed by atoms with E-state index in [1.54, 1.807) is 6.07 Å². The molecule has 0 saturated carbocycles. The van der Waals surface area contributed by atoms with Gasteiger partial charge in [-0.15, -0.1) is 0 Å². The minimum absolute atomic E-state index is 0.128. The Kier molecular flexibility index (Phi) is 4.68. The lowest BCUT2D eigenvalue weighted by Gasteiger charge is -2.15. The number of halogens is 2. The third-order valence-electron chi connectivity index (χ3n) is 2.90. The molecule has 3 nitrogen and oxygen atoms in total. The van der Waals surface area contributed by atoms with E-state index in [0.29, 0.717) is 5.02 Å². The predicted octanol–water partition coefficient (Wildman–Crippen LogP) is 4.30. The summed E-state index contributed by atoms with van der Waals surface area (Å²) in [5.41, 5.74) is 1.18. The summed E-state index contributed by atoms with van der Waals surface area (Å²) < 4.78 is 0.949. The molecule has 0 aliphatic carbocycles. The minimum atomic E-state index is -0.341. The Morgan fingerprint density at radius 1 is 1.30 bits per heavy atom. The third-order valence-corrected chi connectivity index (χ3v) is 3.63. The van der Waals surface area contributed by atoms with Crippen LogP contribution in [0, 0.1) is 0 Å². The van der Waals surface area contributed by atoms with Crippen LogP contribution in [0.3, 0.4) is 0 Å². The molecule has 1 amide bonds. The van der Waals surface area contributed by atoms with E-state index in [-0.39, 0.29) is 23.3 Å². The lowest BCUT2D eigenvalue weighted by Crippen LogP contribution is -2.26. The highest BCUT2D eigenvalue weighted by Gasteiger charge is 2.15. The highest BCUT2D eigenvalue weighted by molar-refractivity contribution is 9.10. The Hall–Kier alpha value is -1.52. The monoisotopic (exact) mass is 353 g/mol. The first kappa shape index (κ1) is 14.9. The largest absolute Gasteiger partial charge is 0.507 e. The van der Waals surface area contributed by atoms with Gasteiger partial charge in [0, 0.05) is 9.50 Å². The maximum absolute atomic E-state index is 12.1. The molecule has 2 N–H and O–H groups in total. The molecule has 0 spiro atoms. The van der Waals surface area contributed by atoms with Crippen LogP contribution < -0.4 is 5.32 Å². The van der Waals surface area contributed by atoms with Crippen LogP contribution in [0.1, 0.15) is 28.9 Å². The summed E-state index contributed by atoms with van der Waals surface area (Å²) in [6.07, 6.45) is 0. The first-order valence-electron chi connectivity index (χ1n) is 6.02. The highest BCUT2D eigenvalue weighted by Crippen LogP contribution is 2.23. The second kappa shape index (κ2) is 6.29. The van der Waals surface area contributed by atoms with Crippen molar-refractivity contribution in [3.8, 4) is 5.75 Å². The molecule has 0 aliphatic heterocycles. The van der Waals surface area contributed by atoms with Crippen molar-refractivity contribution in [3.63, 3.8) is 0 Å². The molecular weight excluding hydrogens is 342 g/mol. The molecule has 0 bridgehead atoms. The molecule has 104 valence electrons. The molecule has 2 rings (SSSR count). The second-order valence-electron chi connectivity index (χ2n) is 4.41. The summed E-state index contributed by atoms with van der Waals surface area (Å²) in [5.74, 6) is -0.469. The molecule has 0 aliphatic rings. The first-order chi connectivity index (χ1) is 9.47. The van der Waals surface area contributed by atoms with Crippen molar-refractivity contribution in [3.05, 3.63) is 63.1 Å². The van der Waals surface area contributed by atoms with Gasteiger partial charge < -0.3 is 10.4 Å². The van der Waals surface area contributed by atoms with Crippen molar-refractivity contribution < 1.29 is 9.90 Å². The summed E-state index contributed by atoms with van der Waals surface area (Å²) in [6, 6.07) is 11.9. The molecule has 1 atom stereocenters. The molecule has 2 aromatic rings. The zero-order valence-electron chi connectivity index (χ0n) is 10.7. The van der Waals surface area contributed by atoms with Gasteiger partial charge in [-0.3, -0.25) is 4.79 Å². The maximum atomic E-state index is 12.1. The van der Waals surface area contributed by atoms with Gasteiger partial charge in [-0.2, -0.15) is 0 Å². The van der Waals surface area contributed by atoms with Gasteiger partial charge in [0.2, 0.25) is 0 Å². The number of carbonyl (C=O) groups is 1. The van der Waals surface area contributed by atoms with E-state index in [2.05, 4.69) is 21.2 Å². The molecule has 0 radical (unpaired) electrons. The molecule has 0 fully saturated rings. The quantitative estimate of drug-likeness (QED) is 0.863. The fourth-order valence-electron chi connectivity index (χ4n) is 1.83. The molecule has 2 aromatic carbocycles. The molecular formula is C15H13BrClNO2. The van der Waals surface area contributed by atoms with E-state index in [0.717, 1.165) is 10.0 Å². The zero-order chi connectivity index (χ0) is 14.7. The fraction of sp³-hybridized carbons (Fsp3) is 0.133. The van der Waals surface area contributed by atoms with Crippen molar-refractivity contribution in [2.24, 2.45) is 0 Å². The van der Waals surface area contributed by atoms with Gasteiger partial charge in [0.1, 0.15) is 5.75 Å². The molecule has 0 saturated heterocycles. The van der Waals surface area contributed by atoms with Crippen LogP contribution in [0.5, 0.6) is 5.75 Å². The van der Waals surface area contributed by atoms with Crippen molar-refractivity contribution in [1.29, 1.82) is 0 Å². The van der Waals surface area contributed by atoms with Gasteiger partial charge in [-0.25, -0.2) is 0 Å². The van der Waals surface area contributed by atoms with Crippen LogP contribution in [0.2, 0.25) is 5.02 Å². The van der Waals surface area contributed by atoms with Crippen molar-refractivity contribution in [1.82, 2.24) is 5.32 Å². The van der Waals surface area contributed by atoms with E-state index in [4.69, 9.17) is 11.6 Å².